The highest BCUT2D eigenvalue weighted by Crippen LogP contribution is 2.30. The topological polar surface area (TPSA) is 64.4 Å². The van der Waals surface area contributed by atoms with E-state index in [4.69, 9.17) is 20.9 Å². The predicted molar refractivity (Wildman–Crippen MR) is 104 cm³/mol. The van der Waals surface area contributed by atoms with Crippen LogP contribution in [0.4, 0.5) is 0 Å². The molecule has 0 spiro atoms. The molecule has 27 heavy (non-hydrogen) atoms. The number of nitrogens with zero attached hydrogens (tertiary/aromatic N) is 1. The second-order valence-electron chi connectivity index (χ2n) is 5.63. The minimum Gasteiger partial charge on any atom is -0.495 e. The summed E-state index contributed by atoms with van der Waals surface area (Å²) in [4.78, 5) is 12.6. The number of carbonyl (C=O) groups excluding carboxylic acids is 1. The lowest BCUT2D eigenvalue weighted by Gasteiger charge is -2.04. The highest BCUT2D eigenvalue weighted by molar-refractivity contribution is 6.33. The van der Waals surface area contributed by atoms with Gasteiger partial charge in [0.25, 0.3) is 5.91 Å². The molecule has 0 radical (unpaired) electrons. The van der Waals surface area contributed by atoms with Crippen molar-refractivity contribution in [2.24, 2.45) is 0 Å². The van der Waals surface area contributed by atoms with E-state index < -0.39 is 0 Å². The van der Waals surface area contributed by atoms with Gasteiger partial charge in [-0.25, -0.2) is 0 Å². The second-order valence-corrected chi connectivity index (χ2v) is 6.03. The van der Waals surface area contributed by atoms with Crippen molar-refractivity contribution in [1.29, 1.82) is 0 Å². The summed E-state index contributed by atoms with van der Waals surface area (Å²) in [6.07, 6.45) is 0. The molecule has 1 aromatic heterocycles. The molecule has 6 heteroatoms. The van der Waals surface area contributed by atoms with Gasteiger partial charge >= 0.3 is 0 Å². The summed E-state index contributed by atoms with van der Waals surface area (Å²) in [6.45, 7) is 1.85. The van der Waals surface area contributed by atoms with Crippen LogP contribution in [0.2, 0.25) is 5.02 Å². The normalized spacial score (nSPS) is 10.0. The van der Waals surface area contributed by atoms with Crippen molar-refractivity contribution in [3.05, 3.63) is 70.4 Å². The van der Waals surface area contributed by atoms with Crippen LogP contribution < -0.4 is 10.1 Å². The Balaban J connectivity index is 1.76. The Morgan fingerprint density at radius 1 is 1.22 bits per heavy atom. The number of hydrogen-bond donors (Lipinski definition) is 1. The van der Waals surface area contributed by atoms with E-state index in [1.165, 1.54) is 0 Å². The quantitative estimate of drug-likeness (QED) is 0.692. The van der Waals surface area contributed by atoms with Crippen LogP contribution in [-0.4, -0.2) is 24.7 Å². The Morgan fingerprint density at radius 2 is 1.96 bits per heavy atom. The number of aryl methyl sites for hydroxylation is 1. The molecule has 0 atom stereocenters. The van der Waals surface area contributed by atoms with Gasteiger partial charge in [0.05, 0.1) is 24.2 Å². The molecule has 3 aromatic rings. The van der Waals surface area contributed by atoms with E-state index in [1.54, 1.807) is 26.2 Å². The zero-order valence-electron chi connectivity index (χ0n) is 14.9. The number of carbonyl (C=O) groups is 1. The van der Waals surface area contributed by atoms with Gasteiger partial charge in [-0.1, -0.05) is 58.9 Å². The third kappa shape index (κ3) is 4.13. The number of para-hydroxylation sites is 1. The molecular weight excluding hydrogens is 364 g/mol. The molecule has 3 rings (SSSR count). The third-order valence-electron chi connectivity index (χ3n) is 3.89. The standard InChI is InChI=1S/C21H17ClN2O3/c1-14-19(20(24-27-14)16-10-4-5-11-17(16)22)21(25)23-13-7-9-15-8-3-6-12-18(15)26-2/h3-6,8,10-12H,13H2,1-2H3,(H,23,25). The lowest BCUT2D eigenvalue weighted by Crippen LogP contribution is -2.24. The SMILES string of the molecule is COc1ccccc1C#CCNC(=O)c1c(-c2ccccc2Cl)noc1C. The Kier molecular flexibility index (Phi) is 5.80. The van der Waals surface area contributed by atoms with E-state index >= 15 is 0 Å². The van der Waals surface area contributed by atoms with E-state index in [0.29, 0.717) is 33.4 Å². The summed E-state index contributed by atoms with van der Waals surface area (Å²) >= 11 is 6.22. The van der Waals surface area contributed by atoms with Crippen molar-refractivity contribution in [3.8, 4) is 28.8 Å². The van der Waals surface area contributed by atoms with Crippen molar-refractivity contribution in [2.75, 3.05) is 13.7 Å². The average molecular weight is 381 g/mol. The van der Waals surface area contributed by atoms with Gasteiger partial charge in [-0.15, -0.1) is 0 Å². The summed E-state index contributed by atoms with van der Waals surface area (Å²) in [5.74, 6) is 6.69. The Hall–Kier alpha value is -3.23. The first-order valence-electron chi connectivity index (χ1n) is 8.23. The molecule has 0 saturated heterocycles. The largest absolute Gasteiger partial charge is 0.495 e. The molecule has 0 unspecified atom stereocenters. The van der Waals surface area contributed by atoms with Gasteiger partial charge in [-0.2, -0.15) is 0 Å². The fourth-order valence-electron chi connectivity index (χ4n) is 2.58. The Labute approximate surface area is 162 Å². The predicted octanol–water partition coefficient (Wildman–Crippen LogP) is 4.09. The second kappa shape index (κ2) is 8.43. The van der Waals surface area contributed by atoms with Crippen LogP contribution in [0.3, 0.4) is 0 Å². The van der Waals surface area contributed by atoms with Crippen molar-refractivity contribution < 1.29 is 14.1 Å². The summed E-state index contributed by atoms with van der Waals surface area (Å²) in [5.41, 5.74) is 2.16. The maximum atomic E-state index is 12.6. The van der Waals surface area contributed by atoms with Crippen molar-refractivity contribution in [2.45, 2.75) is 6.92 Å². The van der Waals surface area contributed by atoms with E-state index in [9.17, 15) is 4.79 Å². The minimum absolute atomic E-state index is 0.170. The number of aromatic nitrogens is 1. The number of amides is 1. The molecule has 5 nitrogen and oxygen atoms in total. The van der Waals surface area contributed by atoms with Gasteiger partial charge in [0.15, 0.2) is 0 Å². The van der Waals surface area contributed by atoms with E-state index in [1.807, 2.05) is 36.4 Å². The molecule has 0 saturated carbocycles. The number of ether oxygens (including phenoxy) is 1. The fourth-order valence-corrected chi connectivity index (χ4v) is 2.80. The third-order valence-corrected chi connectivity index (χ3v) is 4.22. The molecule has 2 aromatic carbocycles. The highest BCUT2D eigenvalue weighted by Gasteiger charge is 2.22. The van der Waals surface area contributed by atoms with Crippen LogP contribution >= 0.6 is 11.6 Å². The Bertz CT molecular complexity index is 1030. The number of methoxy groups -OCH3 is 1. The van der Waals surface area contributed by atoms with Crippen LogP contribution in [0.1, 0.15) is 21.7 Å². The van der Waals surface area contributed by atoms with Crippen LogP contribution in [0.25, 0.3) is 11.3 Å². The number of nitrogens with one attached hydrogen (secondary N) is 1. The number of halogens is 1. The number of rotatable bonds is 4. The fraction of sp³-hybridized carbons (Fsp3) is 0.143. The van der Waals surface area contributed by atoms with Crippen LogP contribution in [0, 0.1) is 18.8 Å². The molecular formula is C21H17ClN2O3. The zero-order chi connectivity index (χ0) is 19.2. The van der Waals surface area contributed by atoms with Gasteiger partial charge in [-0.3, -0.25) is 4.79 Å². The van der Waals surface area contributed by atoms with Gasteiger partial charge in [0, 0.05) is 5.56 Å². The Morgan fingerprint density at radius 3 is 2.74 bits per heavy atom. The molecule has 1 N–H and O–H groups in total. The van der Waals surface area contributed by atoms with Gasteiger partial charge < -0.3 is 14.6 Å². The van der Waals surface area contributed by atoms with Crippen molar-refractivity contribution in [1.82, 2.24) is 10.5 Å². The summed E-state index contributed by atoms with van der Waals surface area (Å²) < 4.78 is 10.5. The highest BCUT2D eigenvalue weighted by atomic mass is 35.5. The number of benzene rings is 2. The van der Waals surface area contributed by atoms with E-state index in [-0.39, 0.29) is 12.5 Å². The maximum Gasteiger partial charge on any atom is 0.257 e. The van der Waals surface area contributed by atoms with E-state index in [0.717, 1.165) is 5.56 Å². The summed E-state index contributed by atoms with van der Waals surface area (Å²) in [6, 6.07) is 14.6. The van der Waals surface area contributed by atoms with Crippen molar-refractivity contribution >= 4 is 17.5 Å². The smallest absolute Gasteiger partial charge is 0.257 e. The van der Waals surface area contributed by atoms with Gasteiger partial charge in [0.2, 0.25) is 0 Å². The van der Waals surface area contributed by atoms with Crippen molar-refractivity contribution in [3.63, 3.8) is 0 Å². The summed E-state index contributed by atoms with van der Waals surface area (Å²) in [5, 5.41) is 7.26. The van der Waals surface area contributed by atoms with Gasteiger partial charge in [-0.05, 0) is 25.1 Å². The minimum atomic E-state index is -0.321. The first-order chi connectivity index (χ1) is 13.1. The molecule has 0 aliphatic rings. The lowest BCUT2D eigenvalue weighted by molar-refractivity contribution is 0.0957. The average Bonchev–Trinajstić information content (AvgIpc) is 3.07. The van der Waals surface area contributed by atoms with Crippen LogP contribution in [-0.2, 0) is 0 Å². The van der Waals surface area contributed by atoms with Crippen LogP contribution in [0.15, 0.2) is 53.1 Å². The molecule has 136 valence electrons. The molecule has 0 aliphatic carbocycles. The first-order valence-corrected chi connectivity index (χ1v) is 8.61. The first kappa shape index (κ1) is 18.6. The van der Waals surface area contributed by atoms with Crippen LogP contribution in [0.5, 0.6) is 5.75 Å². The maximum absolute atomic E-state index is 12.6. The monoisotopic (exact) mass is 380 g/mol. The number of hydrogen-bond acceptors (Lipinski definition) is 4. The molecule has 0 bridgehead atoms. The molecule has 1 amide bonds. The summed E-state index contributed by atoms with van der Waals surface area (Å²) in [7, 11) is 1.59. The van der Waals surface area contributed by atoms with Gasteiger partial charge in [0.1, 0.15) is 22.8 Å². The zero-order valence-corrected chi connectivity index (χ0v) is 15.6. The molecule has 0 aliphatic heterocycles. The van der Waals surface area contributed by atoms with E-state index in [2.05, 4.69) is 22.3 Å². The molecule has 0 fully saturated rings. The molecule has 1 heterocycles. The lowest BCUT2D eigenvalue weighted by atomic mass is 10.1.